The number of halogens is 1. The monoisotopic (exact) mass is 364 g/mol. The number of nitrogens with one attached hydrogen (secondary N) is 1. The second-order valence-electron chi connectivity index (χ2n) is 5.36. The van der Waals surface area contributed by atoms with Crippen molar-refractivity contribution in [1.29, 1.82) is 0 Å². The third-order valence-corrected chi connectivity index (χ3v) is 4.50. The van der Waals surface area contributed by atoms with Crippen LogP contribution in [0.1, 0.15) is 32.9 Å². The van der Waals surface area contributed by atoms with Crippen molar-refractivity contribution in [2.45, 2.75) is 12.8 Å². The van der Waals surface area contributed by atoms with E-state index < -0.39 is 0 Å². The van der Waals surface area contributed by atoms with Gasteiger partial charge in [-0.2, -0.15) is 0 Å². The number of anilines is 1. The number of carbonyl (C=O) groups excluding carboxylic acids is 3. The highest BCUT2D eigenvalue weighted by atomic mass is 35.5. The fraction of sp³-hybridized carbons (Fsp3) is 0.235. The van der Waals surface area contributed by atoms with Gasteiger partial charge in [0.2, 0.25) is 5.91 Å². The van der Waals surface area contributed by atoms with E-state index in [1.165, 1.54) is 16.2 Å². The average molecular weight is 365 g/mol. The molecule has 0 spiro atoms. The highest BCUT2D eigenvalue weighted by Crippen LogP contribution is 2.23. The van der Waals surface area contributed by atoms with Gasteiger partial charge in [0.25, 0.3) is 5.91 Å². The van der Waals surface area contributed by atoms with Crippen LogP contribution in [0.3, 0.4) is 0 Å². The molecule has 126 valence electrons. The minimum Gasteiger partial charge on any atom is -0.345 e. The molecule has 0 saturated heterocycles. The molecule has 1 aromatic carbocycles. The van der Waals surface area contributed by atoms with Gasteiger partial charge < -0.3 is 10.2 Å². The Labute approximate surface area is 149 Å². The predicted octanol–water partition coefficient (Wildman–Crippen LogP) is 3.70. The SMILES string of the molecule is CN(C)C(=O)c1cccc(NC(=O)CCC(=O)c2ccc(Cl)s2)c1. The molecule has 24 heavy (non-hydrogen) atoms. The molecular formula is C17H17ClN2O3S. The molecule has 2 aromatic rings. The van der Waals surface area contributed by atoms with Crippen LogP contribution in [-0.2, 0) is 4.79 Å². The molecule has 2 rings (SSSR count). The van der Waals surface area contributed by atoms with Gasteiger partial charge in [-0.3, -0.25) is 14.4 Å². The van der Waals surface area contributed by atoms with Crippen molar-refractivity contribution in [3.63, 3.8) is 0 Å². The van der Waals surface area contributed by atoms with Crippen LogP contribution >= 0.6 is 22.9 Å². The molecule has 5 nitrogen and oxygen atoms in total. The van der Waals surface area contributed by atoms with Crippen molar-refractivity contribution < 1.29 is 14.4 Å². The summed E-state index contributed by atoms with van der Waals surface area (Å²) in [5.41, 5.74) is 1.02. The van der Waals surface area contributed by atoms with Crippen LogP contribution in [0.2, 0.25) is 4.34 Å². The number of hydrogen-bond donors (Lipinski definition) is 1. The van der Waals surface area contributed by atoms with E-state index in [-0.39, 0.29) is 30.4 Å². The maximum atomic E-state index is 12.0. The Bertz CT molecular complexity index is 771. The number of rotatable bonds is 6. The first-order valence-corrected chi connectivity index (χ1v) is 8.46. The molecule has 0 radical (unpaired) electrons. The van der Waals surface area contributed by atoms with E-state index in [9.17, 15) is 14.4 Å². The van der Waals surface area contributed by atoms with E-state index in [2.05, 4.69) is 5.32 Å². The second-order valence-corrected chi connectivity index (χ2v) is 7.07. The van der Waals surface area contributed by atoms with E-state index in [0.717, 1.165) is 0 Å². The third-order valence-electron chi connectivity index (χ3n) is 3.23. The Morgan fingerprint density at radius 2 is 1.88 bits per heavy atom. The number of thiophene rings is 1. The molecular weight excluding hydrogens is 348 g/mol. The fourth-order valence-electron chi connectivity index (χ4n) is 2.03. The van der Waals surface area contributed by atoms with Crippen molar-refractivity contribution in [3.05, 3.63) is 51.2 Å². The van der Waals surface area contributed by atoms with Crippen LogP contribution in [0, 0.1) is 0 Å². The summed E-state index contributed by atoms with van der Waals surface area (Å²) in [5.74, 6) is -0.533. The first kappa shape index (κ1) is 18.2. The summed E-state index contributed by atoms with van der Waals surface area (Å²) in [6.45, 7) is 0. The summed E-state index contributed by atoms with van der Waals surface area (Å²) in [4.78, 5) is 37.9. The second kappa shape index (κ2) is 8.08. The Hall–Kier alpha value is -2.18. The molecule has 1 aromatic heterocycles. The zero-order valence-corrected chi connectivity index (χ0v) is 14.9. The van der Waals surface area contributed by atoms with Gasteiger partial charge in [0.1, 0.15) is 0 Å². The molecule has 2 amide bonds. The molecule has 0 fully saturated rings. The molecule has 7 heteroatoms. The lowest BCUT2D eigenvalue weighted by molar-refractivity contribution is -0.116. The molecule has 0 atom stereocenters. The summed E-state index contributed by atoms with van der Waals surface area (Å²) < 4.78 is 0.546. The average Bonchev–Trinajstić information content (AvgIpc) is 2.98. The number of Topliss-reactive ketones (excluding diaryl/α,β-unsaturated/α-hetero) is 1. The van der Waals surface area contributed by atoms with E-state index in [4.69, 9.17) is 11.6 Å². The van der Waals surface area contributed by atoms with E-state index in [1.54, 1.807) is 50.5 Å². The van der Waals surface area contributed by atoms with Gasteiger partial charge in [-0.15, -0.1) is 11.3 Å². The zero-order valence-electron chi connectivity index (χ0n) is 13.3. The van der Waals surface area contributed by atoms with Crippen LogP contribution in [0.15, 0.2) is 36.4 Å². The fourth-order valence-corrected chi connectivity index (χ4v) is 3.04. The lowest BCUT2D eigenvalue weighted by Gasteiger charge is -2.11. The summed E-state index contributed by atoms with van der Waals surface area (Å²) in [5, 5.41) is 2.70. The number of hydrogen-bond acceptors (Lipinski definition) is 4. The Balaban J connectivity index is 1.91. The van der Waals surface area contributed by atoms with E-state index in [1.807, 2.05) is 0 Å². The van der Waals surface area contributed by atoms with Gasteiger partial charge in [-0.1, -0.05) is 17.7 Å². The predicted molar refractivity (Wildman–Crippen MR) is 96.0 cm³/mol. The van der Waals surface area contributed by atoms with E-state index >= 15 is 0 Å². The van der Waals surface area contributed by atoms with Gasteiger partial charge in [-0.25, -0.2) is 0 Å². The number of ketones is 1. The maximum absolute atomic E-state index is 12.0. The Morgan fingerprint density at radius 3 is 2.50 bits per heavy atom. The lowest BCUT2D eigenvalue weighted by Crippen LogP contribution is -2.22. The third kappa shape index (κ3) is 4.91. The summed E-state index contributed by atoms with van der Waals surface area (Å²) in [6, 6.07) is 10.0. The topological polar surface area (TPSA) is 66.5 Å². The summed E-state index contributed by atoms with van der Waals surface area (Å²) in [7, 11) is 3.33. The van der Waals surface area contributed by atoms with Gasteiger partial charge in [-0.05, 0) is 30.3 Å². The standard InChI is InChI=1S/C17H17ClN2O3S/c1-20(2)17(23)11-4-3-5-12(10-11)19-16(22)9-6-13(21)14-7-8-15(18)24-14/h3-5,7-8,10H,6,9H2,1-2H3,(H,19,22). The highest BCUT2D eigenvalue weighted by molar-refractivity contribution is 7.18. The molecule has 0 aliphatic heterocycles. The number of nitrogens with zero attached hydrogens (tertiary/aromatic N) is 1. The number of amides is 2. The maximum Gasteiger partial charge on any atom is 0.253 e. The van der Waals surface area contributed by atoms with Crippen LogP contribution in [0.25, 0.3) is 0 Å². The number of carbonyl (C=O) groups is 3. The smallest absolute Gasteiger partial charge is 0.253 e. The van der Waals surface area contributed by atoms with Gasteiger partial charge in [0.05, 0.1) is 9.21 Å². The molecule has 0 aliphatic rings. The first-order valence-electron chi connectivity index (χ1n) is 7.27. The minimum atomic E-state index is -0.277. The van der Waals surface area contributed by atoms with Crippen molar-refractivity contribution in [1.82, 2.24) is 4.90 Å². The first-order chi connectivity index (χ1) is 11.4. The summed E-state index contributed by atoms with van der Waals surface area (Å²) in [6.07, 6.45) is 0.180. The Morgan fingerprint density at radius 1 is 1.12 bits per heavy atom. The van der Waals surface area contributed by atoms with Crippen molar-refractivity contribution in [2.75, 3.05) is 19.4 Å². The number of benzene rings is 1. The van der Waals surface area contributed by atoms with Crippen molar-refractivity contribution in [2.24, 2.45) is 0 Å². The lowest BCUT2D eigenvalue weighted by atomic mass is 10.1. The normalized spacial score (nSPS) is 10.3. The molecule has 0 saturated carbocycles. The van der Waals surface area contributed by atoms with Crippen LogP contribution in [0.4, 0.5) is 5.69 Å². The van der Waals surface area contributed by atoms with Crippen LogP contribution in [0.5, 0.6) is 0 Å². The largest absolute Gasteiger partial charge is 0.345 e. The molecule has 1 heterocycles. The van der Waals surface area contributed by atoms with Gasteiger partial charge >= 0.3 is 0 Å². The Kier molecular flexibility index (Phi) is 6.11. The van der Waals surface area contributed by atoms with Crippen molar-refractivity contribution in [3.8, 4) is 0 Å². The molecule has 0 unspecified atom stereocenters. The van der Waals surface area contributed by atoms with Crippen LogP contribution < -0.4 is 5.32 Å². The van der Waals surface area contributed by atoms with Gasteiger partial charge in [0.15, 0.2) is 5.78 Å². The molecule has 0 aliphatic carbocycles. The van der Waals surface area contributed by atoms with E-state index in [0.29, 0.717) is 20.5 Å². The zero-order chi connectivity index (χ0) is 17.7. The van der Waals surface area contributed by atoms with Crippen molar-refractivity contribution >= 4 is 46.2 Å². The summed E-state index contributed by atoms with van der Waals surface area (Å²) >= 11 is 6.99. The van der Waals surface area contributed by atoms with Gasteiger partial charge in [0, 0.05) is 38.2 Å². The molecule has 1 N–H and O–H groups in total. The van der Waals surface area contributed by atoms with Crippen LogP contribution in [-0.4, -0.2) is 36.6 Å². The molecule has 0 bridgehead atoms. The quantitative estimate of drug-likeness (QED) is 0.794. The minimum absolute atomic E-state index is 0.0696. The highest BCUT2D eigenvalue weighted by Gasteiger charge is 2.13.